The molecule has 0 amide bonds. The Morgan fingerprint density at radius 3 is 2.56 bits per heavy atom. The van der Waals surface area contributed by atoms with Gasteiger partial charge in [0.1, 0.15) is 11.6 Å². The predicted octanol–water partition coefficient (Wildman–Crippen LogP) is 3.12. The van der Waals surface area contributed by atoms with Gasteiger partial charge in [-0.3, -0.25) is 20.5 Å². The summed E-state index contributed by atoms with van der Waals surface area (Å²) < 4.78 is 6.31. The van der Waals surface area contributed by atoms with Gasteiger partial charge in [-0.1, -0.05) is 11.6 Å². The van der Waals surface area contributed by atoms with Gasteiger partial charge in [-0.2, -0.15) is 0 Å². The molecule has 0 bridgehead atoms. The third-order valence-electron chi connectivity index (χ3n) is 7.07. The summed E-state index contributed by atoms with van der Waals surface area (Å²) in [7, 11) is 3.87. The SMILES string of the molecule is CN(C)/C=C\c1c(OC2CC3(C2)CN(CCCN2CCN(C=N)C(=N)C2)C3)ccc(Cl)c1C=O. The molecule has 2 saturated heterocycles. The lowest BCUT2D eigenvalue weighted by atomic mass is 9.61. The molecule has 2 heterocycles. The number of ether oxygens (including phenoxy) is 1. The molecule has 34 heavy (non-hydrogen) atoms. The summed E-state index contributed by atoms with van der Waals surface area (Å²) in [6, 6.07) is 3.60. The van der Waals surface area contributed by atoms with Crippen molar-refractivity contribution in [3.63, 3.8) is 0 Å². The van der Waals surface area contributed by atoms with E-state index in [1.165, 1.54) is 6.34 Å². The molecular formula is C25H35ClN6O2. The molecule has 1 aromatic rings. The van der Waals surface area contributed by atoms with Gasteiger partial charge >= 0.3 is 0 Å². The first-order chi connectivity index (χ1) is 16.3. The molecule has 1 spiro atoms. The van der Waals surface area contributed by atoms with Crippen LogP contribution in [0.3, 0.4) is 0 Å². The van der Waals surface area contributed by atoms with E-state index in [-0.39, 0.29) is 6.10 Å². The highest BCUT2D eigenvalue weighted by molar-refractivity contribution is 6.33. The fraction of sp³-hybridized carbons (Fsp3) is 0.560. The monoisotopic (exact) mass is 486 g/mol. The molecule has 0 unspecified atom stereocenters. The average molecular weight is 487 g/mol. The molecule has 3 fully saturated rings. The van der Waals surface area contributed by atoms with Crippen LogP contribution in [0.25, 0.3) is 6.08 Å². The number of carbonyl (C=O) groups is 1. The van der Waals surface area contributed by atoms with E-state index in [0.717, 1.165) is 70.4 Å². The summed E-state index contributed by atoms with van der Waals surface area (Å²) in [5, 5.41) is 15.8. The lowest BCUT2D eigenvalue weighted by Gasteiger charge is -2.59. The lowest BCUT2D eigenvalue weighted by Crippen LogP contribution is -2.64. The molecule has 8 nitrogen and oxygen atoms in total. The molecular weight excluding hydrogens is 452 g/mol. The molecule has 0 radical (unpaired) electrons. The van der Waals surface area contributed by atoms with E-state index in [4.69, 9.17) is 27.2 Å². The Kier molecular flexibility index (Phi) is 7.60. The van der Waals surface area contributed by atoms with Crippen molar-refractivity contribution in [1.82, 2.24) is 19.6 Å². The highest BCUT2D eigenvalue weighted by Crippen LogP contribution is 2.50. The number of hydrogen-bond donors (Lipinski definition) is 2. The standard InChI is InChI=1S/C25H35ClN6O2/c1-29(2)9-6-20-21(15-33)22(26)4-5-23(20)34-19-12-25(13-19)16-31(17-25)8-3-7-30-10-11-32(18-27)24(28)14-30/h4-6,9,15,18-19,27-28H,3,7-8,10-14,16-17H2,1-2H3/b9-6-,27-18?,28-24?. The molecule has 2 aliphatic heterocycles. The summed E-state index contributed by atoms with van der Waals surface area (Å²) in [6.07, 6.45) is 9.20. The first-order valence-corrected chi connectivity index (χ1v) is 12.3. The zero-order valence-electron chi connectivity index (χ0n) is 20.1. The minimum atomic E-state index is 0.172. The van der Waals surface area contributed by atoms with Gasteiger partial charge in [0, 0.05) is 56.8 Å². The fourth-order valence-corrected chi connectivity index (χ4v) is 5.52. The van der Waals surface area contributed by atoms with Crippen LogP contribution in [0.2, 0.25) is 5.02 Å². The number of hydrogen-bond acceptors (Lipinski definition) is 7. The van der Waals surface area contributed by atoms with Crippen molar-refractivity contribution in [2.75, 3.05) is 59.9 Å². The number of halogens is 1. The molecule has 184 valence electrons. The number of aldehydes is 1. The summed E-state index contributed by atoms with van der Waals surface area (Å²) in [5.74, 6) is 1.24. The highest BCUT2D eigenvalue weighted by Gasteiger charge is 2.53. The van der Waals surface area contributed by atoms with Gasteiger partial charge in [0.05, 0.1) is 24.0 Å². The van der Waals surface area contributed by atoms with Crippen LogP contribution in [-0.4, -0.2) is 104 Å². The van der Waals surface area contributed by atoms with E-state index in [9.17, 15) is 4.79 Å². The topological polar surface area (TPSA) is 87.0 Å². The minimum absolute atomic E-state index is 0.172. The van der Waals surface area contributed by atoms with E-state index in [2.05, 4.69) is 9.80 Å². The Labute approximate surface area is 207 Å². The van der Waals surface area contributed by atoms with Crippen LogP contribution in [0.4, 0.5) is 0 Å². The van der Waals surface area contributed by atoms with Crippen molar-refractivity contribution in [2.24, 2.45) is 5.41 Å². The van der Waals surface area contributed by atoms with Crippen molar-refractivity contribution in [3.05, 3.63) is 34.5 Å². The van der Waals surface area contributed by atoms with E-state index >= 15 is 0 Å². The van der Waals surface area contributed by atoms with Crippen molar-refractivity contribution in [2.45, 2.75) is 25.4 Å². The predicted molar refractivity (Wildman–Crippen MR) is 136 cm³/mol. The fourth-order valence-electron chi connectivity index (χ4n) is 5.31. The number of nitrogens with one attached hydrogen (secondary N) is 2. The Balaban J connectivity index is 1.21. The van der Waals surface area contributed by atoms with Gasteiger partial charge < -0.3 is 19.4 Å². The number of likely N-dealkylation sites (tertiary alicyclic amines) is 1. The third-order valence-corrected chi connectivity index (χ3v) is 7.40. The summed E-state index contributed by atoms with van der Waals surface area (Å²) >= 11 is 6.24. The summed E-state index contributed by atoms with van der Waals surface area (Å²) in [4.78, 5) is 20.1. The number of carbonyl (C=O) groups excluding carboxylic acids is 1. The molecule has 2 N–H and O–H groups in total. The van der Waals surface area contributed by atoms with Crippen molar-refractivity contribution >= 4 is 36.1 Å². The van der Waals surface area contributed by atoms with Gasteiger partial charge in [0.2, 0.25) is 0 Å². The maximum atomic E-state index is 11.6. The van der Waals surface area contributed by atoms with Crippen LogP contribution in [0.1, 0.15) is 35.2 Å². The quantitative estimate of drug-likeness (QED) is 0.300. The Morgan fingerprint density at radius 1 is 1.18 bits per heavy atom. The average Bonchev–Trinajstić information content (AvgIpc) is 2.75. The van der Waals surface area contributed by atoms with Crippen LogP contribution in [-0.2, 0) is 0 Å². The lowest BCUT2D eigenvalue weighted by molar-refractivity contribution is -0.119. The third kappa shape index (κ3) is 5.45. The van der Waals surface area contributed by atoms with Crippen LogP contribution >= 0.6 is 11.6 Å². The zero-order chi connectivity index (χ0) is 24.3. The van der Waals surface area contributed by atoms with Crippen molar-refractivity contribution in [1.29, 1.82) is 10.8 Å². The number of benzene rings is 1. The van der Waals surface area contributed by atoms with E-state index < -0.39 is 0 Å². The molecule has 1 aromatic carbocycles. The molecule has 4 rings (SSSR count). The van der Waals surface area contributed by atoms with Gasteiger partial charge in [-0.15, -0.1) is 0 Å². The largest absolute Gasteiger partial charge is 0.490 e. The van der Waals surface area contributed by atoms with Gasteiger partial charge in [-0.05, 0) is 56.8 Å². The Bertz CT molecular complexity index is 951. The number of amidine groups is 1. The summed E-state index contributed by atoms with van der Waals surface area (Å²) in [6.45, 7) is 6.64. The molecule has 9 heteroatoms. The van der Waals surface area contributed by atoms with Crippen molar-refractivity contribution < 1.29 is 9.53 Å². The molecule has 1 saturated carbocycles. The number of rotatable bonds is 10. The van der Waals surface area contributed by atoms with Crippen LogP contribution in [0.5, 0.6) is 5.75 Å². The van der Waals surface area contributed by atoms with Crippen LogP contribution in [0.15, 0.2) is 18.3 Å². The first kappa shape index (κ1) is 24.7. The van der Waals surface area contributed by atoms with E-state index in [1.807, 2.05) is 37.3 Å². The van der Waals surface area contributed by atoms with Crippen LogP contribution < -0.4 is 4.74 Å². The van der Waals surface area contributed by atoms with Crippen molar-refractivity contribution in [3.8, 4) is 5.75 Å². The normalized spacial score (nSPS) is 20.9. The Hall–Kier alpha value is -2.42. The Morgan fingerprint density at radius 2 is 1.91 bits per heavy atom. The van der Waals surface area contributed by atoms with Gasteiger partial charge in [0.25, 0.3) is 0 Å². The maximum absolute atomic E-state index is 11.6. The van der Waals surface area contributed by atoms with Crippen LogP contribution in [0, 0.1) is 16.2 Å². The number of piperazine rings is 1. The second kappa shape index (κ2) is 10.5. The maximum Gasteiger partial charge on any atom is 0.152 e. The second-order valence-corrected chi connectivity index (χ2v) is 10.4. The van der Waals surface area contributed by atoms with Gasteiger partial charge in [0.15, 0.2) is 6.29 Å². The highest BCUT2D eigenvalue weighted by atomic mass is 35.5. The smallest absolute Gasteiger partial charge is 0.152 e. The molecule has 3 aliphatic rings. The first-order valence-electron chi connectivity index (χ1n) is 11.9. The zero-order valence-corrected chi connectivity index (χ0v) is 20.9. The number of nitrogens with zero attached hydrogens (tertiary/aromatic N) is 4. The summed E-state index contributed by atoms with van der Waals surface area (Å²) in [5.41, 5.74) is 1.58. The van der Waals surface area contributed by atoms with Gasteiger partial charge in [-0.25, -0.2) is 0 Å². The van der Waals surface area contributed by atoms with E-state index in [0.29, 0.717) is 34.1 Å². The second-order valence-electron chi connectivity index (χ2n) is 10.0. The molecule has 0 atom stereocenters. The minimum Gasteiger partial charge on any atom is -0.490 e. The molecule has 0 aromatic heterocycles. The molecule has 1 aliphatic carbocycles. The van der Waals surface area contributed by atoms with E-state index in [1.54, 1.807) is 11.0 Å².